The molecule has 4 rings (SSSR count). The van der Waals surface area contributed by atoms with Crippen molar-refractivity contribution >= 4 is 13.1 Å². The zero-order valence-corrected chi connectivity index (χ0v) is 14.7. The Kier molecular flexibility index (Phi) is 4.56. The SMILES string of the molecule is NC(CO)(CO)CN1CC(Oc2ccc3c(c2C(=O)O)OB(O)[C@H]2C[C@@H]32)C1. The molecule has 0 bridgehead atoms. The summed E-state index contributed by atoms with van der Waals surface area (Å²) in [6, 6.07) is 3.46. The van der Waals surface area contributed by atoms with Gasteiger partial charge in [0, 0.05) is 25.5 Å². The maximum atomic E-state index is 11.8. The first kappa shape index (κ1) is 18.5. The summed E-state index contributed by atoms with van der Waals surface area (Å²) in [7, 11) is -0.982. The number of nitrogens with zero attached hydrogens (tertiary/aromatic N) is 1. The van der Waals surface area contributed by atoms with Gasteiger partial charge in [0.05, 0.1) is 18.8 Å². The fourth-order valence-corrected chi connectivity index (χ4v) is 3.90. The second kappa shape index (κ2) is 6.64. The van der Waals surface area contributed by atoms with Crippen LogP contribution in [0.25, 0.3) is 0 Å². The first-order chi connectivity index (χ1) is 12.8. The van der Waals surface area contributed by atoms with Crippen LogP contribution in [-0.4, -0.2) is 82.8 Å². The molecule has 1 saturated heterocycles. The second-order valence-corrected chi connectivity index (χ2v) is 7.79. The van der Waals surface area contributed by atoms with Crippen LogP contribution in [0.15, 0.2) is 12.1 Å². The molecule has 1 saturated carbocycles. The van der Waals surface area contributed by atoms with E-state index in [0.29, 0.717) is 19.6 Å². The van der Waals surface area contributed by atoms with E-state index in [4.69, 9.17) is 15.1 Å². The fraction of sp³-hybridized carbons (Fsp3) is 0.588. The highest BCUT2D eigenvalue weighted by atomic mass is 16.5. The first-order valence-corrected chi connectivity index (χ1v) is 9.00. The molecule has 2 aliphatic heterocycles. The van der Waals surface area contributed by atoms with Crippen LogP contribution in [0.2, 0.25) is 5.82 Å². The van der Waals surface area contributed by atoms with E-state index in [0.717, 1.165) is 12.0 Å². The number of carbonyl (C=O) groups is 1. The van der Waals surface area contributed by atoms with Crippen molar-refractivity contribution in [2.45, 2.75) is 29.8 Å². The lowest BCUT2D eigenvalue weighted by molar-refractivity contribution is -0.0121. The number of aromatic carboxylic acids is 1. The van der Waals surface area contributed by atoms with E-state index in [9.17, 15) is 25.1 Å². The van der Waals surface area contributed by atoms with Crippen molar-refractivity contribution in [2.24, 2.45) is 5.73 Å². The molecule has 2 fully saturated rings. The van der Waals surface area contributed by atoms with Crippen LogP contribution in [0.3, 0.4) is 0 Å². The van der Waals surface area contributed by atoms with Gasteiger partial charge in [-0.2, -0.15) is 0 Å². The summed E-state index contributed by atoms with van der Waals surface area (Å²) in [5.41, 5.74) is 5.55. The molecule has 146 valence electrons. The average Bonchev–Trinajstić information content (AvgIpc) is 3.40. The lowest BCUT2D eigenvalue weighted by Gasteiger charge is -2.43. The van der Waals surface area contributed by atoms with Crippen molar-refractivity contribution in [3.05, 3.63) is 23.3 Å². The molecule has 9 nitrogen and oxygen atoms in total. The minimum atomic E-state index is -1.16. The van der Waals surface area contributed by atoms with Crippen LogP contribution >= 0.6 is 0 Å². The number of likely N-dealkylation sites (tertiary alicyclic amines) is 1. The maximum absolute atomic E-state index is 11.8. The molecular weight excluding hydrogens is 355 g/mol. The number of fused-ring (bicyclic) bond motifs is 3. The number of ether oxygens (including phenoxy) is 1. The molecule has 2 atom stereocenters. The monoisotopic (exact) mass is 378 g/mol. The highest BCUT2D eigenvalue weighted by molar-refractivity contribution is 6.48. The molecule has 10 heteroatoms. The van der Waals surface area contributed by atoms with E-state index in [1.807, 2.05) is 11.0 Å². The third-order valence-corrected chi connectivity index (χ3v) is 5.59. The number of hydrogen-bond donors (Lipinski definition) is 5. The van der Waals surface area contributed by atoms with E-state index in [1.165, 1.54) is 0 Å². The summed E-state index contributed by atoms with van der Waals surface area (Å²) in [4.78, 5) is 13.7. The van der Waals surface area contributed by atoms with Gasteiger partial charge in [0.2, 0.25) is 0 Å². The van der Waals surface area contributed by atoms with Gasteiger partial charge in [0.15, 0.2) is 0 Å². The van der Waals surface area contributed by atoms with Crippen LogP contribution in [0.5, 0.6) is 11.5 Å². The van der Waals surface area contributed by atoms with Crippen molar-refractivity contribution in [1.29, 1.82) is 0 Å². The minimum Gasteiger partial charge on any atom is -0.535 e. The normalized spacial score (nSPS) is 24.5. The molecule has 0 unspecified atom stereocenters. The largest absolute Gasteiger partial charge is 0.535 e. The quantitative estimate of drug-likeness (QED) is 0.372. The zero-order chi connectivity index (χ0) is 19.3. The van der Waals surface area contributed by atoms with E-state index in [-0.39, 0.29) is 48.1 Å². The molecule has 0 spiro atoms. The van der Waals surface area contributed by atoms with Crippen molar-refractivity contribution in [2.75, 3.05) is 32.8 Å². The van der Waals surface area contributed by atoms with Crippen LogP contribution in [0.4, 0.5) is 0 Å². The Morgan fingerprint density at radius 3 is 2.70 bits per heavy atom. The molecule has 27 heavy (non-hydrogen) atoms. The first-order valence-electron chi connectivity index (χ1n) is 9.00. The zero-order valence-electron chi connectivity index (χ0n) is 14.7. The molecule has 6 N–H and O–H groups in total. The molecule has 0 amide bonds. The smallest absolute Gasteiger partial charge is 0.526 e. The van der Waals surface area contributed by atoms with E-state index >= 15 is 0 Å². The van der Waals surface area contributed by atoms with Crippen LogP contribution in [0.1, 0.15) is 28.3 Å². The predicted octanol–water partition coefficient (Wildman–Crippen LogP) is -1.14. The van der Waals surface area contributed by atoms with Gasteiger partial charge < -0.3 is 35.5 Å². The lowest BCUT2D eigenvalue weighted by atomic mass is 9.77. The number of carboxylic acid groups (broad SMARTS) is 1. The molecule has 1 aromatic rings. The van der Waals surface area contributed by atoms with E-state index in [2.05, 4.69) is 0 Å². The van der Waals surface area contributed by atoms with E-state index < -0.39 is 18.6 Å². The van der Waals surface area contributed by atoms with Crippen molar-refractivity contribution in [3.8, 4) is 11.5 Å². The Bertz CT molecular complexity index is 751. The maximum Gasteiger partial charge on any atom is 0.526 e. The molecule has 1 aromatic carbocycles. The van der Waals surface area contributed by atoms with E-state index in [1.54, 1.807) is 6.07 Å². The molecule has 0 radical (unpaired) electrons. The van der Waals surface area contributed by atoms with Crippen LogP contribution in [-0.2, 0) is 0 Å². The molecular formula is C17H23BN2O7. The third-order valence-electron chi connectivity index (χ3n) is 5.59. The van der Waals surface area contributed by atoms with Crippen LogP contribution < -0.4 is 15.1 Å². The van der Waals surface area contributed by atoms with Gasteiger partial charge in [-0.05, 0) is 24.0 Å². The molecule has 2 heterocycles. The summed E-state index contributed by atoms with van der Waals surface area (Å²) in [5.74, 6) is -0.569. The number of aliphatic hydroxyl groups is 2. The summed E-state index contributed by atoms with van der Waals surface area (Å²) in [6.45, 7) is 0.656. The summed E-state index contributed by atoms with van der Waals surface area (Å²) >= 11 is 0. The molecule has 3 aliphatic rings. The Balaban J connectivity index is 1.46. The Labute approximate surface area is 156 Å². The predicted molar refractivity (Wildman–Crippen MR) is 95.1 cm³/mol. The Morgan fingerprint density at radius 2 is 2.07 bits per heavy atom. The number of aliphatic hydroxyl groups excluding tert-OH is 2. The lowest BCUT2D eigenvalue weighted by Crippen LogP contribution is -2.63. The van der Waals surface area contributed by atoms with Gasteiger partial charge in [0.1, 0.15) is 23.2 Å². The number of rotatable bonds is 7. The summed E-state index contributed by atoms with van der Waals surface area (Å²) in [5, 5.41) is 38.2. The van der Waals surface area contributed by atoms with Gasteiger partial charge in [-0.3, -0.25) is 4.90 Å². The van der Waals surface area contributed by atoms with Gasteiger partial charge in [-0.1, -0.05) is 6.07 Å². The number of benzene rings is 1. The van der Waals surface area contributed by atoms with Crippen molar-refractivity contribution < 1.29 is 34.5 Å². The molecule has 0 aromatic heterocycles. The number of nitrogens with two attached hydrogens (primary N) is 1. The topological polar surface area (TPSA) is 146 Å². The van der Waals surface area contributed by atoms with Crippen molar-refractivity contribution in [3.63, 3.8) is 0 Å². The Hall–Kier alpha value is -1.85. The average molecular weight is 378 g/mol. The Morgan fingerprint density at radius 1 is 1.37 bits per heavy atom. The van der Waals surface area contributed by atoms with Gasteiger partial charge in [0.25, 0.3) is 0 Å². The fourth-order valence-electron chi connectivity index (χ4n) is 3.90. The summed E-state index contributed by atoms with van der Waals surface area (Å²) in [6.07, 6.45) is 0.562. The van der Waals surface area contributed by atoms with Gasteiger partial charge >= 0.3 is 13.1 Å². The van der Waals surface area contributed by atoms with Gasteiger partial charge in [-0.15, -0.1) is 0 Å². The third kappa shape index (κ3) is 3.28. The van der Waals surface area contributed by atoms with Gasteiger partial charge in [-0.25, -0.2) is 4.79 Å². The van der Waals surface area contributed by atoms with Crippen molar-refractivity contribution in [1.82, 2.24) is 4.90 Å². The summed E-state index contributed by atoms with van der Waals surface area (Å²) < 4.78 is 11.3. The number of hydrogen-bond acceptors (Lipinski definition) is 8. The highest BCUT2D eigenvalue weighted by Gasteiger charge is 2.54. The standard InChI is InChI=1S/C17H23BN2O7/c19-17(7-21,8-22)6-20-4-9(5-20)26-13-2-1-10-11-3-12(11)18(25)27-15(10)14(13)16(23)24/h1-2,9,11-12,21-22,25H,3-8,19H2,(H,23,24)/t11-,12-/m0/s1. The minimum absolute atomic E-state index is 0.0423. The second-order valence-electron chi connectivity index (χ2n) is 7.79. The molecule has 1 aliphatic carbocycles. The number of carboxylic acids is 1. The van der Waals surface area contributed by atoms with Crippen LogP contribution in [0, 0.1) is 0 Å². The highest BCUT2D eigenvalue weighted by Crippen LogP contribution is 2.60.